The normalized spacial score (nSPS) is 25.6. The van der Waals surface area contributed by atoms with Crippen molar-refractivity contribution in [1.82, 2.24) is 5.32 Å². The van der Waals surface area contributed by atoms with Gasteiger partial charge in [0.1, 0.15) is 0 Å². The Balaban J connectivity index is 0.00000169. The van der Waals surface area contributed by atoms with E-state index in [4.69, 9.17) is 5.73 Å². The monoisotopic (exact) mass is 238 g/mol. The zero-order valence-electron chi connectivity index (χ0n) is 8.49. The maximum atomic E-state index is 11.1. The Morgan fingerprint density at radius 2 is 2.29 bits per heavy atom. The Morgan fingerprint density at radius 1 is 1.57 bits per heavy atom. The van der Waals surface area contributed by atoms with Crippen molar-refractivity contribution in [2.45, 2.75) is 37.5 Å². The van der Waals surface area contributed by atoms with Gasteiger partial charge in [-0.3, -0.25) is 4.79 Å². The van der Waals surface area contributed by atoms with Crippen LogP contribution in [-0.4, -0.2) is 29.5 Å². The molecule has 2 unspecified atom stereocenters. The second kappa shape index (κ2) is 7.37. The van der Waals surface area contributed by atoms with Crippen LogP contribution in [0.4, 0.5) is 0 Å². The molecule has 0 aromatic carbocycles. The fourth-order valence-corrected chi connectivity index (χ4v) is 2.97. The highest BCUT2D eigenvalue weighted by Crippen LogP contribution is 2.29. The summed E-state index contributed by atoms with van der Waals surface area (Å²) in [4.78, 5) is 11.1. The molecule has 0 spiro atoms. The number of hydrogen-bond acceptors (Lipinski definition) is 3. The van der Waals surface area contributed by atoms with Crippen LogP contribution < -0.4 is 11.1 Å². The number of carbonyl (C=O) groups excluding carboxylic acids is 1. The number of carbonyl (C=O) groups is 1. The standard InChI is InChI=1S/C9H18N2OS.ClH/c1-2-13-8-5-3-4-7(8)11-9(12)6-10;/h7-8H,2-6,10H2,1H3,(H,11,12);1H. The van der Waals surface area contributed by atoms with Gasteiger partial charge < -0.3 is 11.1 Å². The number of hydrogen-bond donors (Lipinski definition) is 2. The number of nitrogens with two attached hydrogens (primary N) is 1. The third-order valence-corrected chi connectivity index (χ3v) is 3.69. The van der Waals surface area contributed by atoms with E-state index < -0.39 is 0 Å². The van der Waals surface area contributed by atoms with Crippen LogP contribution in [0.1, 0.15) is 26.2 Å². The maximum absolute atomic E-state index is 11.1. The van der Waals surface area contributed by atoms with E-state index in [9.17, 15) is 4.79 Å². The summed E-state index contributed by atoms with van der Waals surface area (Å²) in [5, 5.41) is 3.59. The molecule has 1 aliphatic carbocycles. The van der Waals surface area contributed by atoms with Gasteiger partial charge in [0.15, 0.2) is 0 Å². The lowest BCUT2D eigenvalue weighted by atomic mass is 10.2. The molecule has 1 saturated carbocycles. The van der Waals surface area contributed by atoms with Crippen molar-refractivity contribution in [3.8, 4) is 0 Å². The highest BCUT2D eigenvalue weighted by Gasteiger charge is 2.27. The van der Waals surface area contributed by atoms with Gasteiger partial charge in [-0.1, -0.05) is 13.3 Å². The van der Waals surface area contributed by atoms with Crippen LogP contribution in [0.25, 0.3) is 0 Å². The molecule has 14 heavy (non-hydrogen) atoms. The van der Waals surface area contributed by atoms with Crippen molar-refractivity contribution in [2.75, 3.05) is 12.3 Å². The molecule has 0 saturated heterocycles. The first kappa shape index (κ1) is 14.1. The van der Waals surface area contributed by atoms with Gasteiger partial charge in [0.25, 0.3) is 0 Å². The Bertz CT molecular complexity index is 180. The molecule has 0 aromatic heterocycles. The highest BCUT2D eigenvalue weighted by atomic mass is 35.5. The number of thioether (sulfide) groups is 1. The van der Waals surface area contributed by atoms with E-state index in [1.54, 1.807) is 0 Å². The average Bonchev–Trinajstić information content (AvgIpc) is 2.54. The highest BCUT2D eigenvalue weighted by molar-refractivity contribution is 7.99. The lowest BCUT2D eigenvalue weighted by Crippen LogP contribution is -2.41. The molecule has 2 atom stereocenters. The Labute approximate surface area is 96.0 Å². The van der Waals surface area contributed by atoms with Crippen LogP contribution in [0.15, 0.2) is 0 Å². The summed E-state index contributed by atoms with van der Waals surface area (Å²) in [6, 6.07) is 0.362. The molecule has 1 rings (SSSR count). The fourth-order valence-electron chi connectivity index (χ4n) is 1.77. The van der Waals surface area contributed by atoms with Crippen molar-refractivity contribution in [3.63, 3.8) is 0 Å². The van der Waals surface area contributed by atoms with Gasteiger partial charge in [-0.05, 0) is 18.6 Å². The molecule has 1 amide bonds. The molecule has 84 valence electrons. The molecule has 0 heterocycles. The van der Waals surface area contributed by atoms with Crippen molar-refractivity contribution < 1.29 is 4.79 Å². The lowest BCUT2D eigenvalue weighted by molar-refractivity contribution is -0.120. The predicted molar refractivity (Wildman–Crippen MR) is 64.0 cm³/mol. The van der Waals surface area contributed by atoms with E-state index >= 15 is 0 Å². The Hall–Kier alpha value is 0.0700. The second-order valence-corrected chi connectivity index (χ2v) is 4.82. The first-order chi connectivity index (χ1) is 6.27. The summed E-state index contributed by atoms with van der Waals surface area (Å²) >= 11 is 1.94. The van der Waals surface area contributed by atoms with Crippen LogP contribution in [0.5, 0.6) is 0 Å². The second-order valence-electron chi connectivity index (χ2n) is 3.30. The van der Waals surface area contributed by atoms with Crippen LogP contribution in [-0.2, 0) is 4.79 Å². The number of nitrogens with one attached hydrogen (secondary N) is 1. The van der Waals surface area contributed by atoms with Crippen LogP contribution >= 0.6 is 24.2 Å². The molecule has 0 bridgehead atoms. The van der Waals surface area contributed by atoms with E-state index in [0.717, 1.165) is 12.2 Å². The molecule has 1 aliphatic rings. The lowest BCUT2D eigenvalue weighted by Gasteiger charge is -2.19. The van der Waals surface area contributed by atoms with E-state index in [2.05, 4.69) is 12.2 Å². The minimum atomic E-state index is -0.0198. The summed E-state index contributed by atoms with van der Waals surface area (Å²) in [6.45, 7) is 2.27. The zero-order valence-corrected chi connectivity index (χ0v) is 10.1. The first-order valence-electron chi connectivity index (χ1n) is 4.89. The maximum Gasteiger partial charge on any atom is 0.233 e. The SMILES string of the molecule is CCSC1CCCC1NC(=O)CN.Cl. The van der Waals surface area contributed by atoms with Crippen molar-refractivity contribution in [3.05, 3.63) is 0 Å². The van der Waals surface area contributed by atoms with Gasteiger partial charge in [0, 0.05) is 11.3 Å². The topological polar surface area (TPSA) is 55.1 Å². The first-order valence-corrected chi connectivity index (χ1v) is 5.93. The Kier molecular flexibility index (Phi) is 7.41. The van der Waals surface area contributed by atoms with Crippen LogP contribution in [0.3, 0.4) is 0 Å². The minimum absolute atomic E-state index is 0. The van der Waals surface area contributed by atoms with Gasteiger partial charge in [-0.15, -0.1) is 12.4 Å². The van der Waals surface area contributed by atoms with Crippen LogP contribution in [0.2, 0.25) is 0 Å². The third kappa shape index (κ3) is 4.07. The summed E-state index contributed by atoms with van der Waals surface area (Å²) in [7, 11) is 0. The van der Waals surface area contributed by atoms with Crippen molar-refractivity contribution in [1.29, 1.82) is 0 Å². The summed E-state index contributed by atoms with van der Waals surface area (Å²) in [5.74, 6) is 1.10. The van der Waals surface area contributed by atoms with E-state index in [0.29, 0.717) is 11.3 Å². The van der Waals surface area contributed by atoms with Gasteiger partial charge in [-0.25, -0.2) is 0 Å². The molecule has 0 aromatic rings. The summed E-state index contributed by atoms with van der Waals surface area (Å²) in [6.07, 6.45) is 3.57. The Morgan fingerprint density at radius 3 is 2.86 bits per heavy atom. The number of halogens is 1. The van der Waals surface area contributed by atoms with Crippen LogP contribution in [0, 0.1) is 0 Å². The smallest absolute Gasteiger partial charge is 0.233 e. The third-order valence-electron chi connectivity index (χ3n) is 2.37. The fraction of sp³-hybridized carbons (Fsp3) is 0.889. The summed E-state index contributed by atoms with van der Waals surface area (Å²) in [5.41, 5.74) is 5.25. The van der Waals surface area contributed by atoms with Crippen molar-refractivity contribution >= 4 is 30.1 Å². The molecule has 0 aliphatic heterocycles. The molecule has 5 heteroatoms. The van der Waals surface area contributed by atoms with Gasteiger partial charge in [-0.2, -0.15) is 11.8 Å². The molecule has 1 fully saturated rings. The minimum Gasteiger partial charge on any atom is -0.351 e. The molecule has 3 nitrogen and oxygen atoms in total. The average molecular weight is 239 g/mol. The molecule has 0 radical (unpaired) electrons. The quantitative estimate of drug-likeness (QED) is 0.773. The molecular weight excluding hydrogens is 220 g/mol. The van der Waals surface area contributed by atoms with Gasteiger partial charge >= 0.3 is 0 Å². The predicted octanol–water partition coefficient (Wildman–Crippen LogP) is 1.16. The molecule has 3 N–H and O–H groups in total. The van der Waals surface area contributed by atoms with Gasteiger partial charge in [0.05, 0.1) is 6.54 Å². The largest absolute Gasteiger partial charge is 0.351 e. The van der Waals surface area contributed by atoms with Gasteiger partial charge in [0.2, 0.25) is 5.91 Å². The summed E-state index contributed by atoms with van der Waals surface area (Å²) < 4.78 is 0. The number of amides is 1. The zero-order chi connectivity index (χ0) is 9.68. The van der Waals surface area contributed by atoms with E-state index in [-0.39, 0.29) is 24.9 Å². The van der Waals surface area contributed by atoms with Crippen molar-refractivity contribution in [2.24, 2.45) is 5.73 Å². The number of rotatable bonds is 4. The molecular formula is C9H19ClN2OS. The van der Waals surface area contributed by atoms with E-state index in [1.165, 1.54) is 12.8 Å². The van der Waals surface area contributed by atoms with E-state index in [1.807, 2.05) is 11.8 Å².